The van der Waals surface area contributed by atoms with Crippen LogP contribution in [0.3, 0.4) is 0 Å². The average Bonchev–Trinajstić information content (AvgIpc) is 3.73. The van der Waals surface area contributed by atoms with Crippen LogP contribution in [0.15, 0.2) is 65.2 Å². The Balaban J connectivity index is 1.54. The van der Waals surface area contributed by atoms with E-state index in [-0.39, 0.29) is 55.7 Å². The summed E-state index contributed by atoms with van der Waals surface area (Å²) in [5, 5.41) is 15.5. The molecule has 2 aromatic heterocycles. The molecule has 3 N–H and O–H groups in total. The lowest BCUT2D eigenvalue weighted by atomic mass is 9.93. The fraction of sp³-hybridized carbons (Fsp3) is 0.455. The molecule has 256 valence electrons. The third kappa shape index (κ3) is 10.4. The summed E-state index contributed by atoms with van der Waals surface area (Å²) in [5.74, 6) is -2.79. The summed E-state index contributed by atoms with van der Waals surface area (Å²) in [6.45, 7) is 5.56. The summed E-state index contributed by atoms with van der Waals surface area (Å²) in [7, 11) is 0. The van der Waals surface area contributed by atoms with Crippen molar-refractivity contribution < 1.29 is 43.0 Å². The van der Waals surface area contributed by atoms with Gasteiger partial charge in [-0.05, 0) is 25.8 Å². The number of hydrogen-bond acceptors (Lipinski definition) is 12. The van der Waals surface area contributed by atoms with Gasteiger partial charge in [0.2, 0.25) is 11.8 Å². The standard InChI is InChI=1S/C33H40N6O9/c1-20-6-4-10-36-28(42)9-8-21(2)30(22(3)18-47-33(45)38-27-17-34-11-12-35-27)48-32(44)26-7-5-13-39(26)31(43)25-19-46-29(37-25)16-24(41)15-23(40)14-20/h4,6,8-9,11-12,14,17,19,21-23,26,30,40H,5,7,10,13,15-16,18H2,1-3H3,(H,36,42)(H,35,38,45)/b6-4+,9-8+,20-14+/t21-,22+,23-,26-,30+/m1/s1. The highest BCUT2D eigenvalue weighted by molar-refractivity contribution is 5.95. The normalized spacial score (nSPS) is 26.2. The van der Waals surface area contributed by atoms with E-state index in [9.17, 15) is 29.1 Å². The van der Waals surface area contributed by atoms with Gasteiger partial charge in [-0.15, -0.1) is 0 Å². The largest absolute Gasteiger partial charge is 0.460 e. The van der Waals surface area contributed by atoms with E-state index in [1.54, 1.807) is 39.0 Å². The van der Waals surface area contributed by atoms with Crippen LogP contribution in [0.2, 0.25) is 0 Å². The molecule has 0 aliphatic carbocycles. The quantitative estimate of drug-likeness (QED) is 0.404. The zero-order valence-electron chi connectivity index (χ0n) is 27.0. The Morgan fingerprint density at radius 1 is 1.23 bits per heavy atom. The summed E-state index contributed by atoms with van der Waals surface area (Å²) < 4.78 is 16.7. The molecule has 2 aromatic rings. The Hall–Kier alpha value is -5.18. The molecule has 48 heavy (non-hydrogen) atoms. The molecule has 1 saturated heterocycles. The molecule has 3 amide bonds. The first-order valence-corrected chi connectivity index (χ1v) is 15.7. The molecule has 0 aromatic carbocycles. The van der Waals surface area contributed by atoms with Crippen LogP contribution in [0.4, 0.5) is 10.6 Å². The van der Waals surface area contributed by atoms with Crippen LogP contribution in [-0.2, 0) is 30.3 Å². The van der Waals surface area contributed by atoms with Crippen LogP contribution in [0, 0.1) is 11.8 Å². The maximum Gasteiger partial charge on any atom is 0.412 e. The maximum atomic E-state index is 13.6. The number of rotatable bonds is 4. The van der Waals surface area contributed by atoms with Crippen LogP contribution >= 0.6 is 0 Å². The number of cyclic esters (lactones) is 1. The topological polar surface area (TPSA) is 203 Å². The number of ether oxygens (including phenoxy) is 2. The van der Waals surface area contributed by atoms with Crippen LogP contribution in [0.5, 0.6) is 0 Å². The Kier molecular flexibility index (Phi) is 12.7. The Bertz CT molecular complexity index is 1550. The predicted octanol–water partition coefficient (Wildman–Crippen LogP) is 2.55. The number of carbonyl (C=O) groups excluding carboxylic acids is 5. The number of oxazole rings is 1. The minimum absolute atomic E-state index is 0.0152. The third-order valence-corrected chi connectivity index (χ3v) is 7.73. The van der Waals surface area contributed by atoms with E-state index in [0.717, 1.165) is 6.26 Å². The van der Waals surface area contributed by atoms with Crippen molar-refractivity contribution in [2.75, 3.05) is 25.0 Å². The summed E-state index contributed by atoms with van der Waals surface area (Å²) in [4.78, 5) is 77.9. The third-order valence-electron chi connectivity index (χ3n) is 7.73. The molecule has 4 rings (SSSR count). The number of nitrogens with zero attached hydrogens (tertiary/aromatic N) is 4. The first kappa shape index (κ1) is 35.7. The molecule has 1 fully saturated rings. The second-order valence-corrected chi connectivity index (χ2v) is 11.7. The van der Waals surface area contributed by atoms with Crippen molar-refractivity contribution in [1.82, 2.24) is 25.2 Å². The first-order valence-electron chi connectivity index (χ1n) is 15.7. The number of allylic oxidation sites excluding steroid dienone is 2. The van der Waals surface area contributed by atoms with Gasteiger partial charge in [0.05, 0.1) is 25.3 Å². The van der Waals surface area contributed by atoms with Crippen LogP contribution < -0.4 is 10.6 Å². The molecule has 15 heteroatoms. The van der Waals surface area contributed by atoms with Crippen molar-refractivity contribution in [3.05, 3.63) is 72.4 Å². The number of fused-ring (bicyclic) bond motifs is 3. The van der Waals surface area contributed by atoms with E-state index in [4.69, 9.17) is 13.9 Å². The summed E-state index contributed by atoms with van der Waals surface area (Å²) >= 11 is 0. The number of nitrogens with one attached hydrogen (secondary N) is 2. The Morgan fingerprint density at radius 2 is 2.04 bits per heavy atom. The van der Waals surface area contributed by atoms with Crippen molar-refractivity contribution in [3.8, 4) is 0 Å². The Morgan fingerprint density at radius 3 is 2.81 bits per heavy atom. The van der Waals surface area contributed by atoms with Gasteiger partial charge in [-0.1, -0.05) is 43.7 Å². The van der Waals surface area contributed by atoms with Gasteiger partial charge in [0.25, 0.3) is 5.91 Å². The zero-order chi connectivity index (χ0) is 34.6. The van der Waals surface area contributed by atoms with E-state index in [1.807, 2.05) is 0 Å². The van der Waals surface area contributed by atoms with Crippen LogP contribution in [-0.4, -0.2) is 92.6 Å². The molecule has 0 spiro atoms. The van der Waals surface area contributed by atoms with Crippen molar-refractivity contribution in [2.24, 2.45) is 11.8 Å². The number of carbonyl (C=O) groups is 5. The predicted molar refractivity (Wildman–Crippen MR) is 170 cm³/mol. The number of Topliss-reactive ketones (excluding diaryl/α,β-unsaturated/α-hetero) is 1. The molecule has 4 heterocycles. The number of hydrogen-bond donors (Lipinski definition) is 3. The fourth-order valence-electron chi connectivity index (χ4n) is 5.36. The van der Waals surface area contributed by atoms with Gasteiger partial charge in [-0.2, -0.15) is 0 Å². The van der Waals surface area contributed by atoms with Crippen molar-refractivity contribution >= 4 is 35.5 Å². The molecule has 0 unspecified atom stereocenters. The number of aliphatic hydroxyl groups excluding tert-OH is 1. The lowest BCUT2D eigenvalue weighted by molar-refractivity contribution is -0.159. The second kappa shape index (κ2) is 17.1. The smallest absolute Gasteiger partial charge is 0.412 e. The summed E-state index contributed by atoms with van der Waals surface area (Å²) in [6, 6.07) is -0.923. The molecule has 0 saturated carbocycles. The number of amides is 3. The lowest BCUT2D eigenvalue weighted by Crippen LogP contribution is -2.44. The average molecular weight is 665 g/mol. The number of anilines is 1. The SMILES string of the molecule is CC1=C\[C@@H](O)CC(=O)Cc2nc(co2)C(=O)N2CCC[C@@H]2C(=O)O[C@H]([C@@H](C)COC(=O)Nc2cnccn2)[C@H](C)/C=C/C(=O)NC\C=C\1. The van der Waals surface area contributed by atoms with Crippen molar-refractivity contribution in [2.45, 2.75) is 64.7 Å². The molecular weight excluding hydrogens is 624 g/mol. The molecule has 2 aliphatic rings. The monoisotopic (exact) mass is 664 g/mol. The van der Waals surface area contributed by atoms with Crippen molar-refractivity contribution in [3.63, 3.8) is 0 Å². The molecule has 2 aliphatic heterocycles. The van der Waals surface area contributed by atoms with Gasteiger partial charge >= 0.3 is 12.1 Å². The van der Waals surface area contributed by atoms with Gasteiger partial charge < -0.3 is 29.2 Å². The van der Waals surface area contributed by atoms with E-state index < -0.39 is 54.0 Å². The van der Waals surface area contributed by atoms with Crippen LogP contribution in [0.1, 0.15) is 56.4 Å². The lowest BCUT2D eigenvalue weighted by Gasteiger charge is -2.30. The summed E-state index contributed by atoms with van der Waals surface area (Å²) in [6.07, 6.45) is 11.0. The van der Waals surface area contributed by atoms with Gasteiger partial charge in [-0.25, -0.2) is 19.6 Å². The highest BCUT2D eigenvalue weighted by Gasteiger charge is 2.39. The van der Waals surface area contributed by atoms with Gasteiger partial charge in [0, 0.05) is 43.7 Å². The molecule has 15 nitrogen and oxygen atoms in total. The van der Waals surface area contributed by atoms with E-state index in [2.05, 4.69) is 25.6 Å². The number of ketones is 1. The Labute approximate surface area is 277 Å². The van der Waals surface area contributed by atoms with E-state index in [0.29, 0.717) is 18.4 Å². The van der Waals surface area contributed by atoms with E-state index >= 15 is 0 Å². The minimum atomic E-state index is -1.05. The molecular formula is C33H40N6O9. The van der Waals surface area contributed by atoms with Gasteiger partial charge in [-0.3, -0.25) is 24.7 Å². The van der Waals surface area contributed by atoms with Gasteiger partial charge in [0.15, 0.2) is 11.5 Å². The fourth-order valence-corrected chi connectivity index (χ4v) is 5.36. The van der Waals surface area contributed by atoms with Crippen LogP contribution in [0.25, 0.3) is 0 Å². The number of aliphatic hydroxyl groups is 1. The highest BCUT2D eigenvalue weighted by atomic mass is 16.6. The molecule has 5 atom stereocenters. The number of esters is 1. The van der Waals surface area contributed by atoms with Crippen molar-refractivity contribution in [1.29, 1.82) is 0 Å². The summed E-state index contributed by atoms with van der Waals surface area (Å²) in [5.41, 5.74) is 0.620. The maximum absolute atomic E-state index is 13.6. The second-order valence-electron chi connectivity index (χ2n) is 11.7. The van der Waals surface area contributed by atoms with E-state index in [1.165, 1.54) is 35.6 Å². The highest BCUT2D eigenvalue weighted by Crippen LogP contribution is 2.26. The molecule has 0 radical (unpaired) electrons. The zero-order valence-corrected chi connectivity index (χ0v) is 27.0. The number of aromatic nitrogens is 3. The first-order chi connectivity index (χ1) is 23.0. The molecule has 2 bridgehead atoms. The minimum Gasteiger partial charge on any atom is -0.460 e. The van der Waals surface area contributed by atoms with Gasteiger partial charge in [0.1, 0.15) is 24.2 Å².